The summed E-state index contributed by atoms with van der Waals surface area (Å²) in [6.45, 7) is 4.83. The van der Waals surface area contributed by atoms with Gasteiger partial charge < -0.3 is 9.84 Å². The van der Waals surface area contributed by atoms with Gasteiger partial charge in [0.05, 0.1) is 6.10 Å². The molecule has 2 atom stereocenters. The van der Waals surface area contributed by atoms with E-state index in [1.165, 1.54) is 5.56 Å². The number of hydrogen-bond donors (Lipinski definition) is 1. The molecule has 0 aliphatic carbocycles. The molecule has 0 radical (unpaired) electrons. The maximum absolute atomic E-state index is 9.95. The summed E-state index contributed by atoms with van der Waals surface area (Å²) in [6.07, 6.45) is 0.368. The standard InChI is InChI=1S/C13H20O2/c1-10-4-6-12(7-5-10)13(14)8-11(2)9-15-3/h4-7,11,13-14H,8-9H2,1-3H3. The average Bonchev–Trinajstić information content (AvgIpc) is 2.18. The van der Waals surface area contributed by atoms with Crippen molar-refractivity contribution in [1.82, 2.24) is 0 Å². The summed E-state index contributed by atoms with van der Waals surface area (Å²) in [6, 6.07) is 8.03. The van der Waals surface area contributed by atoms with Crippen LogP contribution in [0.4, 0.5) is 0 Å². The van der Waals surface area contributed by atoms with Crippen LogP contribution in [0.15, 0.2) is 24.3 Å². The van der Waals surface area contributed by atoms with E-state index in [2.05, 4.69) is 6.92 Å². The van der Waals surface area contributed by atoms with Gasteiger partial charge in [-0.05, 0) is 24.8 Å². The highest BCUT2D eigenvalue weighted by molar-refractivity contribution is 5.23. The van der Waals surface area contributed by atoms with Gasteiger partial charge in [0.1, 0.15) is 0 Å². The zero-order chi connectivity index (χ0) is 11.3. The van der Waals surface area contributed by atoms with Crippen LogP contribution in [0.3, 0.4) is 0 Å². The summed E-state index contributed by atoms with van der Waals surface area (Å²) < 4.78 is 5.05. The number of methoxy groups -OCH3 is 1. The Bertz CT molecular complexity index is 279. The maximum Gasteiger partial charge on any atom is 0.0793 e. The third kappa shape index (κ3) is 4.02. The second-order valence-corrected chi connectivity index (χ2v) is 4.22. The summed E-state index contributed by atoms with van der Waals surface area (Å²) in [5.41, 5.74) is 2.21. The SMILES string of the molecule is COCC(C)CC(O)c1ccc(C)cc1. The van der Waals surface area contributed by atoms with Crippen LogP contribution < -0.4 is 0 Å². The van der Waals surface area contributed by atoms with Crippen molar-refractivity contribution < 1.29 is 9.84 Å². The molecule has 84 valence electrons. The predicted octanol–water partition coefficient (Wildman–Crippen LogP) is 2.70. The van der Waals surface area contributed by atoms with E-state index in [9.17, 15) is 5.11 Å². The molecule has 0 fully saturated rings. The van der Waals surface area contributed by atoms with Crippen LogP contribution in [-0.2, 0) is 4.74 Å². The van der Waals surface area contributed by atoms with Gasteiger partial charge in [0, 0.05) is 13.7 Å². The molecular formula is C13H20O2. The molecular weight excluding hydrogens is 188 g/mol. The molecule has 1 aromatic carbocycles. The van der Waals surface area contributed by atoms with Gasteiger partial charge in [0.25, 0.3) is 0 Å². The maximum atomic E-state index is 9.95. The third-order valence-corrected chi connectivity index (χ3v) is 2.54. The molecule has 0 spiro atoms. The summed E-state index contributed by atoms with van der Waals surface area (Å²) >= 11 is 0. The van der Waals surface area contributed by atoms with Crippen LogP contribution in [0, 0.1) is 12.8 Å². The second-order valence-electron chi connectivity index (χ2n) is 4.22. The van der Waals surface area contributed by atoms with Gasteiger partial charge in [-0.3, -0.25) is 0 Å². The zero-order valence-corrected chi connectivity index (χ0v) is 9.73. The molecule has 0 aliphatic heterocycles. The minimum Gasteiger partial charge on any atom is -0.388 e. The van der Waals surface area contributed by atoms with Crippen molar-refractivity contribution in [3.63, 3.8) is 0 Å². The van der Waals surface area contributed by atoms with Crippen molar-refractivity contribution in [3.05, 3.63) is 35.4 Å². The number of aryl methyl sites for hydroxylation is 1. The smallest absolute Gasteiger partial charge is 0.0793 e. The Morgan fingerprint density at radius 1 is 1.27 bits per heavy atom. The van der Waals surface area contributed by atoms with E-state index in [0.717, 1.165) is 12.0 Å². The van der Waals surface area contributed by atoms with E-state index >= 15 is 0 Å². The van der Waals surface area contributed by atoms with E-state index in [4.69, 9.17) is 4.74 Å². The Hall–Kier alpha value is -0.860. The van der Waals surface area contributed by atoms with Crippen LogP contribution in [-0.4, -0.2) is 18.8 Å². The largest absolute Gasteiger partial charge is 0.388 e. The highest BCUT2D eigenvalue weighted by Crippen LogP contribution is 2.21. The molecule has 2 unspecified atom stereocenters. The van der Waals surface area contributed by atoms with Crippen molar-refractivity contribution in [2.45, 2.75) is 26.4 Å². The molecule has 0 heterocycles. The van der Waals surface area contributed by atoms with E-state index in [1.54, 1.807) is 7.11 Å². The highest BCUT2D eigenvalue weighted by atomic mass is 16.5. The molecule has 2 heteroatoms. The molecule has 1 N–H and O–H groups in total. The van der Waals surface area contributed by atoms with E-state index in [1.807, 2.05) is 31.2 Å². The van der Waals surface area contributed by atoms with Crippen LogP contribution in [0.1, 0.15) is 30.6 Å². The molecule has 15 heavy (non-hydrogen) atoms. The van der Waals surface area contributed by atoms with Crippen molar-refractivity contribution in [2.75, 3.05) is 13.7 Å². The van der Waals surface area contributed by atoms with Crippen molar-refractivity contribution >= 4 is 0 Å². The van der Waals surface area contributed by atoms with Gasteiger partial charge in [-0.15, -0.1) is 0 Å². The molecule has 1 aromatic rings. The summed E-state index contributed by atoms with van der Waals surface area (Å²) in [7, 11) is 1.69. The van der Waals surface area contributed by atoms with Crippen LogP contribution in [0.2, 0.25) is 0 Å². The summed E-state index contributed by atoms with van der Waals surface area (Å²) in [5, 5.41) is 9.95. The fraction of sp³-hybridized carbons (Fsp3) is 0.538. The Labute approximate surface area is 91.9 Å². The Morgan fingerprint density at radius 2 is 1.87 bits per heavy atom. The molecule has 0 aromatic heterocycles. The van der Waals surface area contributed by atoms with E-state index < -0.39 is 0 Å². The first-order valence-electron chi connectivity index (χ1n) is 5.37. The van der Waals surface area contributed by atoms with Gasteiger partial charge in [-0.25, -0.2) is 0 Å². The number of aliphatic hydroxyl groups excluding tert-OH is 1. The topological polar surface area (TPSA) is 29.5 Å². The Kier molecular flexibility index (Phi) is 4.79. The first kappa shape index (κ1) is 12.2. The van der Waals surface area contributed by atoms with E-state index in [0.29, 0.717) is 12.5 Å². The number of hydrogen-bond acceptors (Lipinski definition) is 2. The quantitative estimate of drug-likeness (QED) is 0.806. The molecule has 0 saturated carbocycles. The number of benzene rings is 1. The first-order valence-corrected chi connectivity index (χ1v) is 5.37. The normalized spacial score (nSPS) is 14.9. The lowest BCUT2D eigenvalue weighted by molar-refractivity contribution is 0.102. The minimum atomic E-state index is -0.379. The van der Waals surface area contributed by atoms with Gasteiger partial charge in [-0.2, -0.15) is 0 Å². The van der Waals surface area contributed by atoms with Gasteiger partial charge in [-0.1, -0.05) is 36.8 Å². The molecule has 2 nitrogen and oxygen atoms in total. The lowest BCUT2D eigenvalue weighted by atomic mass is 9.98. The van der Waals surface area contributed by atoms with Crippen LogP contribution in [0.5, 0.6) is 0 Å². The third-order valence-electron chi connectivity index (χ3n) is 2.54. The lowest BCUT2D eigenvalue weighted by Gasteiger charge is -2.16. The summed E-state index contributed by atoms with van der Waals surface area (Å²) in [4.78, 5) is 0. The molecule has 0 amide bonds. The summed E-state index contributed by atoms with van der Waals surface area (Å²) in [5.74, 6) is 0.381. The van der Waals surface area contributed by atoms with Gasteiger partial charge in [0.2, 0.25) is 0 Å². The highest BCUT2D eigenvalue weighted by Gasteiger charge is 2.11. The number of ether oxygens (including phenoxy) is 1. The van der Waals surface area contributed by atoms with Gasteiger partial charge >= 0.3 is 0 Å². The van der Waals surface area contributed by atoms with Gasteiger partial charge in [0.15, 0.2) is 0 Å². The Morgan fingerprint density at radius 3 is 2.40 bits per heavy atom. The fourth-order valence-electron chi connectivity index (χ4n) is 1.66. The molecule has 0 aliphatic rings. The average molecular weight is 208 g/mol. The molecule has 0 saturated heterocycles. The predicted molar refractivity (Wildman–Crippen MR) is 61.8 cm³/mol. The number of rotatable bonds is 5. The zero-order valence-electron chi connectivity index (χ0n) is 9.73. The van der Waals surface area contributed by atoms with E-state index in [-0.39, 0.29) is 6.10 Å². The van der Waals surface area contributed by atoms with Crippen LogP contribution in [0.25, 0.3) is 0 Å². The van der Waals surface area contributed by atoms with Crippen molar-refractivity contribution in [1.29, 1.82) is 0 Å². The number of aliphatic hydroxyl groups is 1. The molecule has 0 bridgehead atoms. The molecule has 1 rings (SSSR count). The minimum absolute atomic E-state index is 0.379. The fourth-order valence-corrected chi connectivity index (χ4v) is 1.66. The van der Waals surface area contributed by atoms with Crippen LogP contribution >= 0.6 is 0 Å². The monoisotopic (exact) mass is 208 g/mol. The second kappa shape index (κ2) is 5.89. The lowest BCUT2D eigenvalue weighted by Crippen LogP contribution is -2.09. The van der Waals surface area contributed by atoms with Crippen molar-refractivity contribution in [3.8, 4) is 0 Å². The first-order chi connectivity index (χ1) is 7.13. The van der Waals surface area contributed by atoms with Crippen molar-refractivity contribution in [2.24, 2.45) is 5.92 Å². The Balaban J connectivity index is 2.53.